The van der Waals surface area contributed by atoms with Crippen LogP contribution in [0, 0.1) is 0 Å². The van der Waals surface area contributed by atoms with Crippen molar-refractivity contribution in [3.05, 3.63) is 29.3 Å². The molecule has 1 unspecified atom stereocenters. The van der Waals surface area contributed by atoms with Gasteiger partial charge in [0.1, 0.15) is 0 Å². The summed E-state index contributed by atoms with van der Waals surface area (Å²) in [6, 6.07) is 4.69. The summed E-state index contributed by atoms with van der Waals surface area (Å²) >= 11 is 0. The third kappa shape index (κ3) is 0.853. The monoisotopic (exact) mass is 165 g/mol. The van der Waals surface area contributed by atoms with E-state index < -0.39 is 12.3 Å². The number of rotatable bonds is 0. The summed E-state index contributed by atoms with van der Waals surface area (Å²) in [4.78, 5) is 11.0. The summed E-state index contributed by atoms with van der Waals surface area (Å²) in [5, 5.41) is 9.16. The first kappa shape index (κ1) is 7.12. The Morgan fingerprint density at radius 2 is 2.25 bits per heavy atom. The Bertz CT molecular complexity index is 348. The summed E-state index contributed by atoms with van der Waals surface area (Å²) in [6.07, 6.45) is -1.13. The Morgan fingerprint density at radius 3 is 3.00 bits per heavy atom. The summed E-state index contributed by atoms with van der Waals surface area (Å²) in [6.45, 7) is 0. The van der Waals surface area contributed by atoms with Gasteiger partial charge in [-0.05, 0) is 18.2 Å². The van der Waals surface area contributed by atoms with Crippen LogP contribution in [0.4, 0.5) is 5.69 Å². The van der Waals surface area contributed by atoms with Gasteiger partial charge in [-0.1, -0.05) is 0 Å². The number of fused-ring (bicyclic) bond motifs is 1. The zero-order valence-corrected chi connectivity index (χ0v) is 6.15. The molecule has 0 fully saturated rings. The molecule has 1 heterocycles. The van der Waals surface area contributed by atoms with Crippen molar-refractivity contribution in [2.24, 2.45) is 0 Å². The fourth-order valence-corrected chi connectivity index (χ4v) is 1.19. The van der Waals surface area contributed by atoms with Gasteiger partial charge in [-0.2, -0.15) is 0 Å². The minimum atomic E-state index is -1.13. The lowest BCUT2D eigenvalue weighted by atomic mass is 10.1. The van der Waals surface area contributed by atoms with E-state index in [0.717, 1.165) is 0 Å². The number of hydrogen-bond acceptors (Lipinski definition) is 4. The first-order valence-electron chi connectivity index (χ1n) is 3.47. The van der Waals surface area contributed by atoms with Crippen molar-refractivity contribution in [2.45, 2.75) is 6.29 Å². The quantitative estimate of drug-likeness (QED) is 0.432. The molecule has 1 aromatic carbocycles. The van der Waals surface area contributed by atoms with Crippen molar-refractivity contribution in [1.82, 2.24) is 0 Å². The summed E-state index contributed by atoms with van der Waals surface area (Å²) in [5.74, 6) is -0.523. The van der Waals surface area contributed by atoms with Gasteiger partial charge in [0.25, 0.3) is 0 Å². The maximum absolute atomic E-state index is 11.0. The highest BCUT2D eigenvalue weighted by Gasteiger charge is 2.28. The number of ether oxygens (including phenoxy) is 1. The largest absolute Gasteiger partial charge is 0.428 e. The molecule has 12 heavy (non-hydrogen) atoms. The molecule has 3 N–H and O–H groups in total. The van der Waals surface area contributed by atoms with Crippen LogP contribution < -0.4 is 5.73 Å². The maximum Gasteiger partial charge on any atom is 0.341 e. The predicted molar refractivity (Wildman–Crippen MR) is 41.2 cm³/mol. The molecule has 0 spiro atoms. The molecule has 4 heteroatoms. The van der Waals surface area contributed by atoms with Crippen LogP contribution in [-0.4, -0.2) is 11.1 Å². The number of anilines is 1. The predicted octanol–water partition coefficient (Wildman–Crippen LogP) is 0.430. The molecule has 0 saturated heterocycles. The van der Waals surface area contributed by atoms with E-state index in [-0.39, 0.29) is 0 Å². The van der Waals surface area contributed by atoms with Gasteiger partial charge >= 0.3 is 5.97 Å². The lowest BCUT2D eigenvalue weighted by Crippen LogP contribution is -1.96. The van der Waals surface area contributed by atoms with Crippen molar-refractivity contribution < 1.29 is 14.6 Å². The SMILES string of the molecule is Nc1ccc2c(c1)C(=O)OC2O. The second kappa shape index (κ2) is 2.22. The number of esters is 1. The zero-order chi connectivity index (χ0) is 8.72. The van der Waals surface area contributed by atoms with E-state index in [0.29, 0.717) is 16.8 Å². The second-order valence-corrected chi connectivity index (χ2v) is 2.60. The van der Waals surface area contributed by atoms with E-state index in [2.05, 4.69) is 4.74 Å². The molecule has 1 aliphatic rings. The van der Waals surface area contributed by atoms with Crippen LogP contribution in [0.15, 0.2) is 18.2 Å². The highest BCUT2D eigenvalue weighted by atomic mass is 16.6. The smallest absolute Gasteiger partial charge is 0.341 e. The number of nitrogen functional groups attached to an aromatic ring is 1. The molecule has 0 radical (unpaired) electrons. The van der Waals surface area contributed by atoms with E-state index in [4.69, 9.17) is 10.8 Å². The Morgan fingerprint density at radius 1 is 1.50 bits per heavy atom. The molecule has 0 saturated carbocycles. The first-order chi connectivity index (χ1) is 5.68. The van der Waals surface area contributed by atoms with Crippen molar-refractivity contribution in [3.8, 4) is 0 Å². The molecule has 0 aromatic heterocycles. The molecule has 1 aliphatic heterocycles. The van der Waals surface area contributed by atoms with Crippen molar-refractivity contribution in [3.63, 3.8) is 0 Å². The third-order valence-electron chi connectivity index (χ3n) is 1.78. The number of benzene rings is 1. The van der Waals surface area contributed by atoms with E-state index >= 15 is 0 Å². The molecule has 1 atom stereocenters. The molecule has 62 valence electrons. The average Bonchev–Trinajstić information content (AvgIpc) is 2.28. The van der Waals surface area contributed by atoms with E-state index in [1.807, 2.05) is 0 Å². The van der Waals surface area contributed by atoms with Crippen molar-refractivity contribution in [2.75, 3.05) is 5.73 Å². The molecule has 4 nitrogen and oxygen atoms in total. The maximum atomic E-state index is 11.0. The van der Waals surface area contributed by atoms with Crippen LogP contribution >= 0.6 is 0 Å². The molecular formula is C8H7NO3. The minimum absolute atomic E-state index is 0.350. The number of hydrogen-bond donors (Lipinski definition) is 2. The van der Waals surface area contributed by atoms with Gasteiger partial charge in [0.15, 0.2) is 0 Å². The second-order valence-electron chi connectivity index (χ2n) is 2.60. The van der Waals surface area contributed by atoms with Crippen LogP contribution in [0.1, 0.15) is 22.2 Å². The molecule has 0 aliphatic carbocycles. The number of cyclic esters (lactones) is 1. The van der Waals surface area contributed by atoms with Crippen LogP contribution in [0.3, 0.4) is 0 Å². The number of nitrogens with two attached hydrogens (primary N) is 1. The van der Waals surface area contributed by atoms with Gasteiger partial charge in [-0.15, -0.1) is 0 Å². The number of carbonyl (C=O) groups excluding carboxylic acids is 1. The topological polar surface area (TPSA) is 72.6 Å². The summed E-state index contributed by atoms with van der Waals surface area (Å²) in [5.41, 5.74) is 6.77. The van der Waals surface area contributed by atoms with Crippen molar-refractivity contribution in [1.29, 1.82) is 0 Å². The van der Waals surface area contributed by atoms with Gasteiger partial charge in [-0.25, -0.2) is 4.79 Å². The Hall–Kier alpha value is -1.55. The zero-order valence-electron chi connectivity index (χ0n) is 6.15. The van der Waals surface area contributed by atoms with Crippen molar-refractivity contribution >= 4 is 11.7 Å². The summed E-state index contributed by atoms with van der Waals surface area (Å²) < 4.78 is 4.55. The van der Waals surface area contributed by atoms with Crippen LogP contribution in [0.5, 0.6) is 0 Å². The fraction of sp³-hybridized carbons (Fsp3) is 0.125. The number of carbonyl (C=O) groups is 1. The third-order valence-corrected chi connectivity index (χ3v) is 1.78. The standard InChI is InChI=1S/C8H7NO3/c9-4-1-2-5-6(3-4)8(11)12-7(5)10/h1-3,7,10H,9H2. The molecular weight excluding hydrogens is 158 g/mol. The van der Waals surface area contributed by atoms with Crippen LogP contribution in [-0.2, 0) is 4.74 Å². The van der Waals surface area contributed by atoms with E-state index in [1.54, 1.807) is 12.1 Å². The fourth-order valence-electron chi connectivity index (χ4n) is 1.19. The molecule has 0 amide bonds. The highest BCUT2D eigenvalue weighted by Crippen LogP contribution is 2.29. The molecule has 2 rings (SSSR count). The van der Waals surface area contributed by atoms with Gasteiger partial charge in [0, 0.05) is 11.3 Å². The van der Waals surface area contributed by atoms with Gasteiger partial charge < -0.3 is 15.6 Å². The lowest BCUT2D eigenvalue weighted by Gasteiger charge is -1.99. The summed E-state index contributed by atoms with van der Waals surface area (Å²) in [7, 11) is 0. The average molecular weight is 165 g/mol. The Labute approximate surface area is 68.6 Å². The molecule has 1 aromatic rings. The minimum Gasteiger partial charge on any atom is -0.428 e. The van der Waals surface area contributed by atoms with Gasteiger partial charge in [-0.3, -0.25) is 0 Å². The van der Waals surface area contributed by atoms with Crippen LogP contribution in [0.2, 0.25) is 0 Å². The van der Waals surface area contributed by atoms with E-state index in [9.17, 15) is 4.79 Å². The van der Waals surface area contributed by atoms with Gasteiger partial charge in [0.2, 0.25) is 6.29 Å². The first-order valence-corrected chi connectivity index (χ1v) is 3.47. The lowest BCUT2D eigenvalue weighted by molar-refractivity contribution is -0.0547. The molecule has 0 bridgehead atoms. The van der Waals surface area contributed by atoms with Crippen LogP contribution in [0.25, 0.3) is 0 Å². The van der Waals surface area contributed by atoms with Gasteiger partial charge in [0.05, 0.1) is 5.56 Å². The Balaban J connectivity index is 2.60. The number of aliphatic hydroxyl groups excluding tert-OH is 1. The highest BCUT2D eigenvalue weighted by molar-refractivity contribution is 5.94. The normalized spacial score (nSPS) is 20.4. The Kier molecular flexibility index (Phi) is 1.31. The van der Waals surface area contributed by atoms with E-state index in [1.165, 1.54) is 6.07 Å². The number of aliphatic hydroxyl groups is 1.